The Balaban J connectivity index is 1.91. The number of halogens is 3. The number of hydrogen-bond donors (Lipinski definition) is 1. The molecule has 0 amide bonds. The summed E-state index contributed by atoms with van der Waals surface area (Å²) in [5.41, 5.74) is 0.631. The van der Waals surface area contributed by atoms with Gasteiger partial charge in [-0.1, -0.05) is 11.6 Å². The van der Waals surface area contributed by atoms with E-state index in [4.69, 9.17) is 16.3 Å². The minimum absolute atomic E-state index is 0.162. The van der Waals surface area contributed by atoms with Crippen molar-refractivity contribution < 1.29 is 18.3 Å². The summed E-state index contributed by atoms with van der Waals surface area (Å²) < 4.78 is 34.3. The van der Waals surface area contributed by atoms with Gasteiger partial charge in [0, 0.05) is 30.3 Å². The Morgan fingerprint density at radius 1 is 1.47 bits per heavy atom. The maximum atomic E-state index is 12.3. The Morgan fingerprint density at radius 3 is 3.00 bits per heavy atom. The third kappa shape index (κ3) is 4.60. The van der Waals surface area contributed by atoms with Gasteiger partial charge in [0.2, 0.25) is 0 Å². The number of hydrogen-bond acceptors (Lipinski definition) is 3. The lowest BCUT2D eigenvalue weighted by molar-refractivity contribution is -0.0505. The molecule has 0 aromatic heterocycles. The molecule has 106 valence electrons. The average Bonchev–Trinajstić information content (AvgIpc) is 2.85. The van der Waals surface area contributed by atoms with Gasteiger partial charge in [0.25, 0.3) is 0 Å². The van der Waals surface area contributed by atoms with Gasteiger partial charge in [-0.05, 0) is 30.5 Å². The van der Waals surface area contributed by atoms with Gasteiger partial charge in [-0.15, -0.1) is 0 Å². The minimum atomic E-state index is -2.83. The molecule has 0 spiro atoms. The van der Waals surface area contributed by atoms with Crippen molar-refractivity contribution in [2.24, 2.45) is 5.92 Å². The Hall–Kier alpha value is -0.910. The highest BCUT2D eigenvalue weighted by molar-refractivity contribution is 6.30. The Labute approximate surface area is 115 Å². The molecule has 3 nitrogen and oxygen atoms in total. The van der Waals surface area contributed by atoms with E-state index in [2.05, 4.69) is 10.1 Å². The third-order valence-electron chi connectivity index (χ3n) is 3.01. The molecule has 0 bridgehead atoms. The van der Waals surface area contributed by atoms with E-state index < -0.39 is 6.61 Å². The standard InChI is InChI=1S/C13H16ClF2NO2/c14-11-1-2-12(19-13(15)16)10(5-11)7-17-6-9-3-4-18-8-9/h1-2,5,9,13,17H,3-4,6-8H2. The molecule has 1 unspecified atom stereocenters. The molecule has 0 saturated carbocycles. The molecule has 6 heteroatoms. The van der Waals surface area contributed by atoms with E-state index in [1.807, 2.05) is 0 Å². The lowest BCUT2D eigenvalue weighted by Gasteiger charge is -2.13. The minimum Gasteiger partial charge on any atom is -0.434 e. The lowest BCUT2D eigenvalue weighted by Crippen LogP contribution is -2.23. The normalized spacial score (nSPS) is 19.1. The highest BCUT2D eigenvalue weighted by atomic mass is 35.5. The van der Waals surface area contributed by atoms with Crippen LogP contribution in [0.25, 0.3) is 0 Å². The van der Waals surface area contributed by atoms with Crippen molar-refractivity contribution in [3.63, 3.8) is 0 Å². The summed E-state index contributed by atoms with van der Waals surface area (Å²) in [5, 5.41) is 3.72. The molecule has 1 saturated heterocycles. The van der Waals surface area contributed by atoms with Crippen LogP contribution in [0.15, 0.2) is 18.2 Å². The van der Waals surface area contributed by atoms with Crippen LogP contribution in [-0.2, 0) is 11.3 Å². The van der Waals surface area contributed by atoms with Crippen molar-refractivity contribution in [2.75, 3.05) is 19.8 Å². The zero-order valence-electron chi connectivity index (χ0n) is 10.4. The summed E-state index contributed by atoms with van der Waals surface area (Å²) in [6.07, 6.45) is 1.03. The van der Waals surface area contributed by atoms with Gasteiger partial charge in [-0.2, -0.15) is 8.78 Å². The van der Waals surface area contributed by atoms with Crippen LogP contribution in [0.1, 0.15) is 12.0 Å². The Kier molecular flexibility index (Phi) is 5.36. The second-order valence-corrected chi connectivity index (χ2v) is 4.93. The zero-order valence-corrected chi connectivity index (χ0v) is 11.1. The number of benzene rings is 1. The summed E-state index contributed by atoms with van der Waals surface area (Å²) in [5.74, 6) is 0.647. The van der Waals surface area contributed by atoms with Crippen molar-refractivity contribution in [1.29, 1.82) is 0 Å². The molecule has 1 fully saturated rings. The van der Waals surface area contributed by atoms with Gasteiger partial charge in [0.1, 0.15) is 5.75 Å². The van der Waals surface area contributed by atoms with Crippen LogP contribution in [-0.4, -0.2) is 26.4 Å². The molecule has 1 aliphatic rings. The van der Waals surface area contributed by atoms with Gasteiger partial charge in [-0.25, -0.2) is 0 Å². The van der Waals surface area contributed by atoms with Crippen LogP contribution in [0.2, 0.25) is 5.02 Å². The summed E-state index contributed by atoms with van der Waals surface area (Å²) >= 11 is 5.87. The van der Waals surface area contributed by atoms with Gasteiger partial charge in [0.05, 0.1) is 6.61 Å². The molecule has 19 heavy (non-hydrogen) atoms. The van der Waals surface area contributed by atoms with Crippen LogP contribution in [0.4, 0.5) is 8.78 Å². The number of ether oxygens (including phenoxy) is 2. The van der Waals surface area contributed by atoms with Crippen LogP contribution in [0.3, 0.4) is 0 Å². The maximum absolute atomic E-state index is 12.3. The fourth-order valence-electron chi connectivity index (χ4n) is 2.05. The van der Waals surface area contributed by atoms with Gasteiger partial charge in [0.15, 0.2) is 0 Å². The fourth-order valence-corrected chi connectivity index (χ4v) is 2.25. The molecule has 0 aliphatic carbocycles. The zero-order chi connectivity index (χ0) is 13.7. The molecule has 1 aromatic carbocycles. The van der Waals surface area contributed by atoms with E-state index in [1.165, 1.54) is 12.1 Å². The smallest absolute Gasteiger partial charge is 0.387 e. The van der Waals surface area contributed by atoms with E-state index in [0.29, 0.717) is 23.0 Å². The fraction of sp³-hybridized carbons (Fsp3) is 0.538. The van der Waals surface area contributed by atoms with Crippen LogP contribution in [0.5, 0.6) is 5.75 Å². The molecule has 1 aliphatic heterocycles. The first-order chi connectivity index (χ1) is 9.15. The lowest BCUT2D eigenvalue weighted by atomic mass is 10.1. The Bertz CT molecular complexity index is 412. The van der Waals surface area contributed by atoms with Gasteiger partial charge >= 0.3 is 6.61 Å². The molecule has 1 N–H and O–H groups in total. The predicted molar refractivity (Wildman–Crippen MR) is 68.7 cm³/mol. The molecule has 1 heterocycles. The first-order valence-electron chi connectivity index (χ1n) is 6.17. The second-order valence-electron chi connectivity index (χ2n) is 4.49. The maximum Gasteiger partial charge on any atom is 0.387 e. The average molecular weight is 292 g/mol. The Morgan fingerprint density at radius 2 is 2.32 bits per heavy atom. The molecular weight excluding hydrogens is 276 g/mol. The first-order valence-corrected chi connectivity index (χ1v) is 6.54. The van der Waals surface area contributed by atoms with Crippen molar-refractivity contribution in [3.05, 3.63) is 28.8 Å². The SMILES string of the molecule is FC(F)Oc1ccc(Cl)cc1CNCC1CCOC1. The summed E-state index contributed by atoms with van der Waals surface area (Å²) in [4.78, 5) is 0. The topological polar surface area (TPSA) is 30.5 Å². The van der Waals surface area contributed by atoms with Crippen LogP contribution in [0, 0.1) is 5.92 Å². The first kappa shape index (κ1) is 14.5. The second kappa shape index (κ2) is 7.03. The monoisotopic (exact) mass is 291 g/mol. The summed E-state index contributed by atoms with van der Waals surface area (Å²) in [7, 11) is 0. The van der Waals surface area contributed by atoms with E-state index in [-0.39, 0.29) is 5.75 Å². The quantitative estimate of drug-likeness (QED) is 0.874. The largest absolute Gasteiger partial charge is 0.434 e. The predicted octanol–water partition coefficient (Wildman–Crippen LogP) is 3.07. The number of rotatable bonds is 6. The van der Waals surface area contributed by atoms with Crippen molar-refractivity contribution in [3.8, 4) is 5.75 Å². The van der Waals surface area contributed by atoms with E-state index >= 15 is 0 Å². The van der Waals surface area contributed by atoms with Gasteiger partial charge < -0.3 is 14.8 Å². The van der Waals surface area contributed by atoms with E-state index in [9.17, 15) is 8.78 Å². The van der Waals surface area contributed by atoms with Crippen molar-refractivity contribution >= 4 is 11.6 Å². The summed E-state index contributed by atoms with van der Waals surface area (Å²) in [6.45, 7) is -0.0467. The highest BCUT2D eigenvalue weighted by Crippen LogP contribution is 2.24. The van der Waals surface area contributed by atoms with Crippen LogP contribution >= 0.6 is 11.6 Å². The molecule has 2 rings (SSSR count). The summed E-state index contributed by atoms with van der Waals surface area (Å²) in [6, 6.07) is 4.63. The number of alkyl halides is 2. The molecule has 1 atom stereocenters. The van der Waals surface area contributed by atoms with Crippen molar-refractivity contribution in [1.82, 2.24) is 5.32 Å². The van der Waals surface area contributed by atoms with E-state index in [0.717, 1.165) is 26.2 Å². The number of nitrogens with one attached hydrogen (secondary N) is 1. The van der Waals surface area contributed by atoms with Crippen LogP contribution < -0.4 is 10.1 Å². The van der Waals surface area contributed by atoms with Crippen molar-refractivity contribution in [2.45, 2.75) is 19.6 Å². The molecule has 0 radical (unpaired) electrons. The molecule has 1 aromatic rings. The third-order valence-corrected chi connectivity index (χ3v) is 3.25. The molecular formula is C13H16ClF2NO2. The van der Waals surface area contributed by atoms with E-state index in [1.54, 1.807) is 6.07 Å². The van der Waals surface area contributed by atoms with Gasteiger partial charge in [-0.3, -0.25) is 0 Å². The highest BCUT2D eigenvalue weighted by Gasteiger charge is 2.15.